The predicted molar refractivity (Wildman–Crippen MR) is 70.9 cm³/mol. The molecule has 1 saturated heterocycles. The zero-order valence-corrected chi connectivity index (χ0v) is 11.8. The number of hydrogen-bond donors (Lipinski definition) is 1. The Bertz CT molecular complexity index is 400. The largest absolute Gasteiger partial charge is 0.390 e. The van der Waals surface area contributed by atoms with E-state index >= 15 is 0 Å². The van der Waals surface area contributed by atoms with Crippen molar-refractivity contribution < 1.29 is 9.84 Å². The molecule has 1 aromatic rings. The summed E-state index contributed by atoms with van der Waals surface area (Å²) in [4.78, 5) is 0. The molecule has 0 aliphatic carbocycles. The number of aryl methyl sites for hydroxylation is 2. The van der Waals surface area contributed by atoms with Crippen LogP contribution in [0.1, 0.15) is 37.6 Å². The fraction of sp³-hybridized carbons (Fsp3) is 0.769. The monoisotopic (exact) mass is 272 g/mol. The third kappa shape index (κ3) is 2.87. The van der Waals surface area contributed by atoms with Crippen LogP contribution in [0.4, 0.5) is 0 Å². The van der Waals surface area contributed by atoms with Gasteiger partial charge in [-0.3, -0.25) is 4.68 Å². The summed E-state index contributed by atoms with van der Waals surface area (Å²) in [6.45, 7) is 5.43. The second-order valence-corrected chi connectivity index (χ2v) is 5.22. The highest BCUT2D eigenvalue weighted by Crippen LogP contribution is 2.24. The van der Waals surface area contributed by atoms with E-state index in [0.29, 0.717) is 11.4 Å². The molecule has 2 rings (SSSR count). The van der Waals surface area contributed by atoms with Crippen molar-refractivity contribution in [2.24, 2.45) is 0 Å². The van der Waals surface area contributed by atoms with Gasteiger partial charge in [0, 0.05) is 19.6 Å². The Morgan fingerprint density at radius 3 is 2.94 bits per heavy atom. The van der Waals surface area contributed by atoms with Gasteiger partial charge in [0.15, 0.2) is 0 Å². The Morgan fingerprint density at radius 2 is 2.33 bits per heavy atom. The average molecular weight is 273 g/mol. The zero-order chi connectivity index (χ0) is 13.1. The number of hydrogen-bond acceptors (Lipinski definition) is 3. The first-order chi connectivity index (χ1) is 8.63. The van der Waals surface area contributed by atoms with Crippen molar-refractivity contribution >= 4 is 11.6 Å². The van der Waals surface area contributed by atoms with Crippen LogP contribution in [-0.2, 0) is 17.7 Å². The first kappa shape index (κ1) is 13.8. The number of aromatic nitrogens is 2. The van der Waals surface area contributed by atoms with E-state index < -0.39 is 6.10 Å². The number of aliphatic hydroxyl groups excluding tert-OH is 1. The lowest BCUT2D eigenvalue weighted by atomic mass is 10.0. The molecule has 102 valence electrons. The lowest BCUT2D eigenvalue weighted by Gasteiger charge is -2.27. The summed E-state index contributed by atoms with van der Waals surface area (Å²) in [6.07, 6.45) is 3.10. The van der Waals surface area contributed by atoms with Crippen molar-refractivity contribution in [3.63, 3.8) is 0 Å². The van der Waals surface area contributed by atoms with Crippen molar-refractivity contribution in [2.45, 2.75) is 58.3 Å². The maximum atomic E-state index is 10.3. The molecule has 1 N–H and O–H groups in total. The number of rotatable bonds is 4. The van der Waals surface area contributed by atoms with Crippen LogP contribution in [0.3, 0.4) is 0 Å². The first-order valence-corrected chi connectivity index (χ1v) is 7.02. The molecule has 5 heteroatoms. The molecule has 0 spiro atoms. The molecule has 0 saturated carbocycles. The Hall–Kier alpha value is -0.580. The van der Waals surface area contributed by atoms with Gasteiger partial charge in [-0.1, -0.05) is 11.6 Å². The highest BCUT2D eigenvalue weighted by atomic mass is 35.5. The molecule has 1 fully saturated rings. The highest BCUT2D eigenvalue weighted by Gasteiger charge is 2.25. The number of ether oxygens (including phenoxy) is 1. The van der Waals surface area contributed by atoms with Crippen LogP contribution < -0.4 is 0 Å². The summed E-state index contributed by atoms with van der Waals surface area (Å²) < 4.78 is 7.47. The van der Waals surface area contributed by atoms with E-state index in [0.717, 1.165) is 43.8 Å². The van der Waals surface area contributed by atoms with Crippen LogP contribution in [0.5, 0.6) is 0 Å². The standard InChI is InChI=1S/C13H21ClN2O2/c1-3-16-10(13(14)9(2)15-16)8-11(17)12-6-4-5-7-18-12/h11-12,17H,3-8H2,1-2H3. The van der Waals surface area contributed by atoms with Gasteiger partial charge in [0.05, 0.1) is 28.6 Å². The molecule has 0 aromatic carbocycles. The zero-order valence-electron chi connectivity index (χ0n) is 11.0. The quantitative estimate of drug-likeness (QED) is 0.915. The second-order valence-electron chi connectivity index (χ2n) is 4.84. The van der Waals surface area contributed by atoms with Crippen LogP contribution in [-0.4, -0.2) is 33.7 Å². The van der Waals surface area contributed by atoms with Crippen LogP contribution in [0.25, 0.3) is 0 Å². The average Bonchev–Trinajstić information content (AvgIpc) is 2.67. The van der Waals surface area contributed by atoms with E-state index in [1.165, 1.54) is 0 Å². The molecular formula is C13H21ClN2O2. The van der Waals surface area contributed by atoms with Gasteiger partial charge in [0.2, 0.25) is 0 Å². The van der Waals surface area contributed by atoms with Crippen molar-refractivity contribution in [3.05, 3.63) is 16.4 Å². The smallest absolute Gasteiger partial charge is 0.0857 e. The Kier molecular flexibility index (Phi) is 4.65. The fourth-order valence-electron chi connectivity index (χ4n) is 2.46. The summed E-state index contributed by atoms with van der Waals surface area (Å²) in [6, 6.07) is 0. The molecule has 1 aromatic heterocycles. The Labute approximate surface area is 113 Å². The summed E-state index contributed by atoms with van der Waals surface area (Å²) in [7, 11) is 0. The normalized spacial score (nSPS) is 22.1. The lowest BCUT2D eigenvalue weighted by molar-refractivity contribution is -0.0616. The maximum absolute atomic E-state index is 10.3. The molecule has 1 aliphatic rings. The van der Waals surface area contributed by atoms with Crippen LogP contribution in [0.15, 0.2) is 0 Å². The van der Waals surface area contributed by atoms with Gasteiger partial charge in [-0.15, -0.1) is 0 Å². The van der Waals surface area contributed by atoms with Crippen LogP contribution in [0, 0.1) is 6.92 Å². The molecule has 0 bridgehead atoms. The van der Waals surface area contributed by atoms with Crippen molar-refractivity contribution in [1.82, 2.24) is 9.78 Å². The first-order valence-electron chi connectivity index (χ1n) is 6.65. The number of halogens is 1. The minimum atomic E-state index is -0.496. The molecule has 2 unspecified atom stereocenters. The van der Waals surface area contributed by atoms with E-state index in [2.05, 4.69) is 5.10 Å². The SMILES string of the molecule is CCn1nc(C)c(Cl)c1CC(O)C1CCCCO1. The predicted octanol–water partition coefficient (Wildman–Crippen LogP) is 2.34. The summed E-state index contributed by atoms with van der Waals surface area (Å²) >= 11 is 6.24. The molecule has 0 amide bonds. The molecule has 4 nitrogen and oxygen atoms in total. The topological polar surface area (TPSA) is 47.3 Å². The second kappa shape index (κ2) is 6.04. The summed E-state index contributed by atoms with van der Waals surface area (Å²) in [5.74, 6) is 0. The minimum Gasteiger partial charge on any atom is -0.390 e. The van der Waals surface area contributed by atoms with Gasteiger partial charge in [-0.05, 0) is 33.1 Å². The minimum absolute atomic E-state index is 0.0599. The van der Waals surface area contributed by atoms with Gasteiger partial charge in [0.25, 0.3) is 0 Å². The number of nitrogens with zero attached hydrogens (tertiary/aromatic N) is 2. The molecular weight excluding hydrogens is 252 g/mol. The van der Waals surface area contributed by atoms with Crippen molar-refractivity contribution in [2.75, 3.05) is 6.61 Å². The lowest BCUT2D eigenvalue weighted by Crippen LogP contribution is -2.34. The van der Waals surface area contributed by atoms with Gasteiger partial charge < -0.3 is 9.84 Å². The van der Waals surface area contributed by atoms with Gasteiger partial charge in [-0.25, -0.2) is 0 Å². The number of aliphatic hydroxyl groups is 1. The van der Waals surface area contributed by atoms with Crippen molar-refractivity contribution in [3.8, 4) is 0 Å². The summed E-state index contributed by atoms with van der Waals surface area (Å²) in [5, 5.41) is 15.3. The maximum Gasteiger partial charge on any atom is 0.0857 e. The Morgan fingerprint density at radius 1 is 1.56 bits per heavy atom. The van der Waals surface area contributed by atoms with E-state index in [9.17, 15) is 5.11 Å². The van der Waals surface area contributed by atoms with Gasteiger partial charge in [0.1, 0.15) is 0 Å². The van der Waals surface area contributed by atoms with E-state index in [4.69, 9.17) is 16.3 Å². The molecule has 1 aliphatic heterocycles. The summed E-state index contributed by atoms with van der Waals surface area (Å²) in [5.41, 5.74) is 1.74. The third-order valence-electron chi connectivity index (χ3n) is 3.50. The van der Waals surface area contributed by atoms with E-state index in [-0.39, 0.29) is 6.10 Å². The molecule has 2 atom stereocenters. The van der Waals surface area contributed by atoms with Crippen molar-refractivity contribution in [1.29, 1.82) is 0 Å². The Balaban J connectivity index is 2.08. The van der Waals surface area contributed by atoms with Gasteiger partial charge in [-0.2, -0.15) is 5.10 Å². The highest BCUT2D eigenvalue weighted by molar-refractivity contribution is 6.31. The van der Waals surface area contributed by atoms with Crippen LogP contribution in [0.2, 0.25) is 5.02 Å². The van der Waals surface area contributed by atoms with Gasteiger partial charge >= 0.3 is 0 Å². The third-order valence-corrected chi connectivity index (χ3v) is 3.99. The molecule has 0 radical (unpaired) electrons. The molecule has 2 heterocycles. The van der Waals surface area contributed by atoms with E-state index in [1.54, 1.807) is 0 Å². The fourth-order valence-corrected chi connectivity index (χ4v) is 2.68. The molecule has 18 heavy (non-hydrogen) atoms. The van der Waals surface area contributed by atoms with E-state index in [1.807, 2.05) is 18.5 Å². The van der Waals surface area contributed by atoms with Crippen LogP contribution >= 0.6 is 11.6 Å².